The quantitative estimate of drug-likeness (QED) is 0.765. The van der Waals surface area contributed by atoms with Gasteiger partial charge in [-0.3, -0.25) is 9.59 Å². The highest BCUT2D eigenvalue weighted by atomic mass is 16.5. The molecule has 6 nitrogen and oxygen atoms in total. The molecule has 2 aromatic carbocycles. The van der Waals surface area contributed by atoms with Gasteiger partial charge in [0.15, 0.2) is 0 Å². The Kier molecular flexibility index (Phi) is 5.53. The summed E-state index contributed by atoms with van der Waals surface area (Å²) in [6, 6.07) is 16.8. The molecule has 0 unspecified atom stereocenters. The maximum Gasteiger partial charge on any atom is 0.240 e. The predicted octanol–water partition coefficient (Wildman–Crippen LogP) is 3.36. The molecule has 2 amide bonds. The van der Waals surface area contributed by atoms with Crippen molar-refractivity contribution in [2.24, 2.45) is 5.41 Å². The van der Waals surface area contributed by atoms with Crippen LogP contribution in [0.4, 0.5) is 5.69 Å². The number of rotatable bonds is 6. The van der Waals surface area contributed by atoms with E-state index >= 15 is 0 Å². The molecule has 0 atom stereocenters. The number of piperazine rings is 1. The van der Waals surface area contributed by atoms with E-state index in [1.807, 2.05) is 47.4 Å². The monoisotopic (exact) mass is 393 g/mol. The summed E-state index contributed by atoms with van der Waals surface area (Å²) >= 11 is 0. The van der Waals surface area contributed by atoms with Gasteiger partial charge in [0, 0.05) is 31.9 Å². The average Bonchev–Trinajstić information content (AvgIpc) is 3.58. The number of hydrogen-bond acceptors (Lipinski definition) is 4. The molecule has 4 rings (SSSR count). The third-order valence-corrected chi connectivity index (χ3v) is 5.79. The van der Waals surface area contributed by atoms with Crippen LogP contribution in [0.15, 0.2) is 54.6 Å². The van der Waals surface area contributed by atoms with Crippen LogP contribution in [-0.4, -0.2) is 54.3 Å². The van der Waals surface area contributed by atoms with Crippen molar-refractivity contribution in [2.45, 2.75) is 19.8 Å². The van der Waals surface area contributed by atoms with E-state index in [2.05, 4.69) is 17.1 Å². The Labute approximate surface area is 171 Å². The lowest BCUT2D eigenvalue weighted by atomic mass is 10.0. The third-order valence-electron chi connectivity index (χ3n) is 5.79. The molecule has 1 N–H and O–H groups in total. The van der Waals surface area contributed by atoms with Crippen LogP contribution in [-0.2, 0) is 9.59 Å². The second-order valence-electron chi connectivity index (χ2n) is 7.70. The lowest BCUT2D eigenvalue weighted by Crippen LogP contribution is -2.52. The Bertz CT molecular complexity index is 855. The first kappa shape index (κ1) is 19.5. The van der Waals surface area contributed by atoms with E-state index in [1.54, 1.807) is 12.1 Å². The number of ether oxygens (including phenoxy) is 1. The topological polar surface area (TPSA) is 61.9 Å². The summed E-state index contributed by atoms with van der Waals surface area (Å²) in [5.74, 6) is 1.24. The molecular weight excluding hydrogens is 366 g/mol. The summed E-state index contributed by atoms with van der Waals surface area (Å²) in [4.78, 5) is 30.0. The van der Waals surface area contributed by atoms with Crippen LogP contribution < -0.4 is 10.1 Å². The third kappa shape index (κ3) is 4.27. The van der Waals surface area contributed by atoms with E-state index in [0.29, 0.717) is 37.4 Å². The SMILES string of the molecule is CCN1CCN(C(=O)C2(C(=O)Nc3ccc(Oc4ccccc4)cc3)CC2)CC1. The summed E-state index contributed by atoms with van der Waals surface area (Å²) in [5, 5.41) is 2.92. The van der Waals surface area contributed by atoms with Gasteiger partial charge in [-0.15, -0.1) is 0 Å². The van der Waals surface area contributed by atoms with Gasteiger partial charge in [-0.2, -0.15) is 0 Å². The average molecular weight is 393 g/mol. The van der Waals surface area contributed by atoms with Gasteiger partial charge in [0.05, 0.1) is 0 Å². The number of carbonyl (C=O) groups is 2. The Hall–Kier alpha value is -2.86. The van der Waals surface area contributed by atoms with Crippen molar-refractivity contribution in [3.05, 3.63) is 54.6 Å². The number of nitrogens with one attached hydrogen (secondary N) is 1. The van der Waals surface area contributed by atoms with Crippen LogP contribution in [0.2, 0.25) is 0 Å². The molecule has 0 bridgehead atoms. The molecule has 2 fully saturated rings. The summed E-state index contributed by atoms with van der Waals surface area (Å²) < 4.78 is 5.78. The highest BCUT2D eigenvalue weighted by molar-refractivity contribution is 6.13. The van der Waals surface area contributed by atoms with E-state index in [-0.39, 0.29) is 11.8 Å². The van der Waals surface area contributed by atoms with Crippen LogP contribution >= 0.6 is 0 Å². The lowest BCUT2D eigenvalue weighted by Gasteiger charge is -2.35. The second-order valence-corrected chi connectivity index (χ2v) is 7.70. The molecule has 0 aromatic heterocycles. The van der Waals surface area contributed by atoms with E-state index in [1.165, 1.54) is 0 Å². The van der Waals surface area contributed by atoms with Crippen LogP contribution in [0, 0.1) is 5.41 Å². The van der Waals surface area contributed by atoms with Gasteiger partial charge < -0.3 is 19.9 Å². The Morgan fingerprint density at radius 1 is 0.931 bits per heavy atom. The van der Waals surface area contributed by atoms with Gasteiger partial charge in [0.25, 0.3) is 0 Å². The fraction of sp³-hybridized carbons (Fsp3) is 0.391. The van der Waals surface area contributed by atoms with Crippen LogP contribution in [0.1, 0.15) is 19.8 Å². The molecule has 1 aliphatic carbocycles. The van der Waals surface area contributed by atoms with Crippen molar-refractivity contribution in [3.63, 3.8) is 0 Å². The Morgan fingerprint density at radius 3 is 2.14 bits per heavy atom. The smallest absolute Gasteiger partial charge is 0.240 e. The predicted molar refractivity (Wildman–Crippen MR) is 112 cm³/mol. The summed E-state index contributed by atoms with van der Waals surface area (Å²) in [6.07, 6.45) is 1.25. The molecule has 1 saturated carbocycles. The van der Waals surface area contributed by atoms with Crippen molar-refractivity contribution in [1.82, 2.24) is 9.80 Å². The number of benzene rings is 2. The molecule has 6 heteroatoms. The van der Waals surface area contributed by atoms with E-state index in [9.17, 15) is 9.59 Å². The van der Waals surface area contributed by atoms with Gasteiger partial charge in [-0.05, 0) is 55.8 Å². The first-order chi connectivity index (χ1) is 14.1. The van der Waals surface area contributed by atoms with Crippen molar-refractivity contribution in [2.75, 3.05) is 38.0 Å². The number of amides is 2. The van der Waals surface area contributed by atoms with Crippen LogP contribution in [0.3, 0.4) is 0 Å². The van der Waals surface area contributed by atoms with Crippen molar-refractivity contribution < 1.29 is 14.3 Å². The largest absolute Gasteiger partial charge is 0.457 e. The molecule has 0 spiro atoms. The molecule has 0 radical (unpaired) electrons. The van der Waals surface area contributed by atoms with Crippen LogP contribution in [0.5, 0.6) is 11.5 Å². The fourth-order valence-electron chi connectivity index (χ4n) is 3.71. The molecular formula is C23H27N3O3. The zero-order valence-corrected chi connectivity index (χ0v) is 16.8. The van der Waals surface area contributed by atoms with E-state index in [0.717, 1.165) is 25.4 Å². The summed E-state index contributed by atoms with van der Waals surface area (Å²) in [7, 11) is 0. The van der Waals surface area contributed by atoms with Crippen molar-refractivity contribution >= 4 is 17.5 Å². The zero-order valence-electron chi connectivity index (χ0n) is 16.8. The number of para-hydroxylation sites is 1. The van der Waals surface area contributed by atoms with Gasteiger partial charge in [-0.25, -0.2) is 0 Å². The standard InChI is InChI=1S/C23H27N3O3/c1-2-25-14-16-26(17-15-25)22(28)23(12-13-23)21(27)24-18-8-10-20(11-9-18)29-19-6-4-3-5-7-19/h3-11H,2,12-17H2,1H3,(H,24,27). The molecule has 29 heavy (non-hydrogen) atoms. The molecule has 1 heterocycles. The molecule has 1 aliphatic heterocycles. The van der Waals surface area contributed by atoms with Crippen molar-refractivity contribution in [3.8, 4) is 11.5 Å². The summed E-state index contributed by atoms with van der Waals surface area (Å²) in [5.41, 5.74) is -0.210. The first-order valence-corrected chi connectivity index (χ1v) is 10.3. The highest BCUT2D eigenvalue weighted by Crippen LogP contribution is 2.48. The maximum absolute atomic E-state index is 13.0. The Morgan fingerprint density at radius 2 is 1.55 bits per heavy atom. The van der Waals surface area contributed by atoms with Crippen LogP contribution in [0.25, 0.3) is 0 Å². The number of likely N-dealkylation sites (N-methyl/N-ethyl adjacent to an activating group) is 1. The number of nitrogens with zero attached hydrogens (tertiary/aromatic N) is 2. The van der Waals surface area contributed by atoms with E-state index in [4.69, 9.17) is 4.74 Å². The maximum atomic E-state index is 13.0. The lowest BCUT2D eigenvalue weighted by molar-refractivity contribution is -0.143. The highest BCUT2D eigenvalue weighted by Gasteiger charge is 2.58. The number of anilines is 1. The molecule has 1 saturated heterocycles. The van der Waals surface area contributed by atoms with E-state index < -0.39 is 5.41 Å². The Balaban J connectivity index is 1.35. The van der Waals surface area contributed by atoms with Crippen molar-refractivity contribution in [1.29, 1.82) is 0 Å². The molecule has 152 valence electrons. The molecule has 2 aromatic rings. The minimum absolute atomic E-state index is 0.0187. The summed E-state index contributed by atoms with van der Waals surface area (Å²) in [6.45, 7) is 6.28. The van der Waals surface area contributed by atoms with Gasteiger partial charge in [-0.1, -0.05) is 25.1 Å². The number of hydrogen-bond donors (Lipinski definition) is 1. The van der Waals surface area contributed by atoms with Gasteiger partial charge >= 0.3 is 0 Å². The number of carbonyl (C=O) groups excluding carboxylic acids is 2. The fourth-order valence-corrected chi connectivity index (χ4v) is 3.71. The first-order valence-electron chi connectivity index (χ1n) is 10.3. The van der Waals surface area contributed by atoms with Gasteiger partial charge in [0.2, 0.25) is 11.8 Å². The zero-order chi connectivity index (χ0) is 20.3. The normalized spacial score (nSPS) is 18.2. The second kappa shape index (κ2) is 8.25. The minimum Gasteiger partial charge on any atom is -0.457 e. The minimum atomic E-state index is -0.881. The van der Waals surface area contributed by atoms with Gasteiger partial charge in [0.1, 0.15) is 16.9 Å². The molecule has 2 aliphatic rings.